The molecule has 0 aromatic carbocycles. The first kappa shape index (κ1) is 12.0. The molecular formula is C15H26O2. The second-order valence-corrected chi connectivity index (χ2v) is 7.67. The number of fused-ring (bicyclic) bond motifs is 1. The van der Waals surface area contributed by atoms with Crippen LogP contribution in [0.5, 0.6) is 0 Å². The van der Waals surface area contributed by atoms with Gasteiger partial charge in [-0.25, -0.2) is 0 Å². The van der Waals surface area contributed by atoms with Crippen LogP contribution in [0, 0.1) is 28.6 Å². The summed E-state index contributed by atoms with van der Waals surface area (Å²) < 4.78 is 0. The van der Waals surface area contributed by atoms with Crippen LogP contribution < -0.4 is 0 Å². The lowest BCUT2D eigenvalue weighted by atomic mass is 9.35. The van der Waals surface area contributed by atoms with Gasteiger partial charge in [-0.15, -0.1) is 0 Å². The SMILES string of the molecule is C[C@H]1CC[C@@]2(O)C(C)(C)[C@@H]3C[C@@H](O)[C@@]2(C)[C@H]1C3. The monoisotopic (exact) mass is 238 g/mol. The van der Waals surface area contributed by atoms with Crippen LogP contribution in [-0.2, 0) is 0 Å². The zero-order chi connectivity index (χ0) is 12.6. The van der Waals surface area contributed by atoms with Gasteiger partial charge < -0.3 is 10.2 Å². The van der Waals surface area contributed by atoms with Crippen LogP contribution in [0.1, 0.15) is 53.4 Å². The molecule has 17 heavy (non-hydrogen) atoms. The van der Waals surface area contributed by atoms with Crippen LogP contribution in [-0.4, -0.2) is 21.9 Å². The van der Waals surface area contributed by atoms with Gasteiger partial charge in [0.2, 0.25) is 0 Å². The Labute approximate surface area is 104 Å². The maximum Gasteiger partial charge on any atom is 0.0781 e. The van der Waals surface area contributed by atoms with Gasteiger partial charge in [-0.1, -0.05) is 27.7 Å². The largest absolute Gasteiger partial charge is 0.392 e. The molecule has 0 aromatic rings. The number of hydrogen-bond donors (Lipinski definition) is 2. The van der Waals surface area contributed by atoms with Gasteiger partial charge in [0, 0.05) is 5.41 Å². The highest BCUT2D eigenvalue weighted by Gasteiger charge is 2.72. The van der Waals surface area contributed by atoms with E-state index in [0.29, 0.717) is 17.8 Å². The van der Waals surface area contributed by atoms with Gasteiger partial charge >= 0.3 is 0 Å². The molecule has 98 valence electrons. The molecule has 4 rings (SSSR count). The smallest absolute Gasteiger partial charge is 0.0781 e. The minimum absolute atomic E-state index is 0.0440. The second-order valence-electron chi connectivity index (χ2n) is 7.67. The lowest BCUT2D eigenvalue weighted by molar-refractivity contribution is -0.324. The van der Waals surface area contributed by atoms with Crippen molar-refractivity contribution < 1.29 is 10.2 Å². The summed E-state index contributed by atoms with van der Waals surface area (Å²) in [6.07, 6.45) is 3.74. The van der Waals surface area contributed by atoms with Gasteiger partial charge in [-0.3, -0.25) is 0 Å². The molecule has 0 spiro atoms. The first-order valence-electron chi connectivity index (χ1n) is 7.15. The lowest BCUT2D eigenvalue weighted by Gasteiger charge is -2.73. The van der Waals surface area contributed by atoms with Crippen LogP contribution in [0.25, 0.3) is 0 Å². The van der Waals surface area contributed by atoms with E-state index in [1.807, 2.05) is 0 Å². The maximum atomic E-state index is 11.3. The third-order valence-corrected chi connectivity index (χ3v) is 7.13. The summed E-state index contributed by atoms with van der Waals surface area (Å²) in [6.45, 7) is 8.88. The molecule has 0 radical (unpaired) electrons. The Bertz CT molecular complexity index is 351. The fourth-order valence-corrected chi connectivity index (χ4v) is 5.67. The highest BCUT2D eigenvalue weighted by atomic mass is 16.3. The Morgan fingerprint density at radius 3 is 2.41 bits per heavy atom. The van der Waals surface area contributed by atoms with Crippen LogP contribution in [0.15, 0.2) is 0 Å². The van der Waals surface area contributed by atoms with Crippen molar-refractivity contribution in [1.82, 2.24) is 0 Å². The molecule has 4 fully saturated rings. The van der Waals surface area contributed by atoms with E-state index in [9.17, 15) is 10.2 Å². The fourth-order valence-electron chi connectivity index (χ4n) is 5.67. The number of rotatable bonds is 0. The normalized spacial score (nSPS) is 60.4. The molecule has 0 heterocycles. The minimum atomic E-state index is -0.669. The van der Waals surface area contributed by atoms with Crippen molar-refractivity contribution in [2.24, 2.45) is 28.6 Å². The van der Waals surface area contributed by atoms with Gasteiger partial charge in [0.15, 0.2) is 0 Å². The van der Waals surface area contributed by atoms with Crippen LogP contribution >= 0.6 is 0 Å². The fraction of sp³-hybridized carbons (Fsp3) is 1.00. The van der Waals surface area contributed by atoms with E-state index in [0.717, 1.165) is 19.3 Å². The summed E-state index contributed by atoms with van der Waals surface area (Å²) in [5.74, 6) is 1.63. The molecule has 2 N–H and O–H groups in total. The van der Waals surface area contributed by atoms with Crippen molar-refractivity contribution in [3.8, 4) is 0 Å². The molecule has 0 aromatic heterocycles. The summed E-state index contributed by atoms with van der Waals surface area (Å²) in [7, 11) is 0. The maximum absolute atomic E-state index is 11.3. The van der Waals surface area contributed by atoms with Crippen LogP contribution in [0.4, 0.5) is 0 Å². The highest BCUT2D eigenvalue weighted by molar-refractivity contribution is 5.22. The number of aliphatic hydroxyl groups excluding tert-OH is 1. The van der Waals surface area contributed by atoms with E-state index in [1.54, 1.807) is 0 Å². The Kier molecular flexibility index (Phi) is 2.17. The third kappa shape index (κ3) is 1.06. The number of aliphatic hydroxyl groups is 2. The molecule has 4 aliphatic carbocycles. The third-order valence-electron chi connectivity index (χ3n) is 7.13. The first-order chi connectivity index (χ1) is 7.75. The predicted octanol–water partition coefficient (Wildman–Crippen LogP) is 2.58. The Balaban J connectivity index is 2.17. The Morgan fingerprint density at radius 2 is 1.76 bits per heavy atom. The average Bonchev–Trinajstić information content (AvgIpc) is 2.24. The Hall–Kier alpha value is -0.0800. The molecule has 6 atom stereocenters. The second kappa shape index (κ2) is 3.08. The lowest BCUT2D eigenvalue weighted by Crippen LogP contribution is -2.75. The molecule has 4 aliphatic rings. The summed E-state index contributed by atoms with van der Waals surface area (Å²) in [4.78, 5) is 0. The zero-order valence-electron chi connectivity index (χ0n) is 11.5. The topological polar surface area (TPSA) is 40.5 Å². The van der Waals surface area contributed by atoms with Crippen LogP contribution in [0.2, 0.25) is 0 Å². The van der Waals surface area contributed by atoms with Crippen molar-refractivity contribution in [2.75, 3.05) is 0 Å². The molecule has 2 nitrogen and oxygen atoms in total. The van der Waals surface area contributed by atoms with Crippen LogP contribution in [0.3, 0.4) is 0 Å². The highest BCUT2D eigenvalue weighted by Crippen LogP contribution is 2.71. The quantitative estimate of drug-likeness (QED) is 0.681. The van der Waals surface area contributed by atoms with Gasteiger partial charge in [-0.2, -0.15) is 0 Å². The summed E-state index contributed by atoms with van der Waals surface area (Å²) >= 11 is 0. The van der Waals surface area contributed by atoms with Gasteiger partial charge in [0.25, 0.3) is 0 Å². The molecule has 0 unspecified atom stereocenters. The molecule has 4 saturated carbocycles. The van der Waals surface area contributed by atoms with Crippen molar-refractivity contribution in [3.63, 3.8) is 0 Å². The van der Waals surface area contributed by atoms with E-state index in [2.05, 4.69) is 27.7 Å². The average molecular weight is 238 g/mol. The van der Waals surface area contributed by atoms with E-state index < -0.39 is 5.60 Å². The van der Waals surface area contributed by atoms with Gasteiger partial charge in [0.1, 0.15) is 0 Å². The summed E-state index contributed by atoms with van der Waals surface area (Å²) in [5, 5.41) is 21.8. The Morgan fingerprint density at radius 1 is 1.12 bits per heavy atom. The van der Waals surface area contributed by atoms with Gasteiger partial charge in [0.05, 0.1) is 11.7 Å². The van der Waals surface area contributed by atoms with Gasteiger partial charge in [-0.05, 0) is 48.9 Å². The van der Waals surface area contributed by atoms with E-state index in [4.69, 9.17) is 0 Å². The van der Waals surface area contributed by atoms with E-state index in [1.165, 1.54) is 6.42 Å². The van der Waals surface area contributed by atoms with Crippen molar-refractivity contribution in [2.45, 2.75) is 65.1 Å². The molecule has 0 amide bonds. The van der Waals surface area contributed by atoms with Crippen molar-refractivity contribution in [1.29, 1.82) is 0 Å². The predicted molar refractivity (Wildman–Crippen MR) is 67.5 cm³/mol. The molecular weight excluding hydrogens is 212 g/mol. The zero-order valence-corrected chi connectivity index (χ0v) is 11.5. The summed E-state index contributed by atoms with van der Waals surface area (Å²) in [6, 6.07) is 0. The van der Waals surface area contributed by atoms with Crippen molar-refractivity contribution in [3.05, 3.63) is 0 Å². The molecule has 0 aliphatic heterocycles. The van der Waals surface area contributed by atoms with E-state index in [-0.39, 0.29) is 16.9 Å². The van der Waals surface area contributed by atoms with Crippen molar-refractivity contribution >= 4 is 0 Å². The molecule has 0 saturated heterocycles. The molecule has 2 heteroatoms. The first-order valence-corrected chi connectivity index (χ1v) is 7.15. The standard InChI is InChI=1S/C15H26O2/c1-9-5-6-15(17)13(2,3)10-7-11(9)14(15,4)12(16)8-10/h9-12,16-17H,5-8H2,1-4H3/t9-,10-,11-,12+,14+,15+/m0/s1. The minimum Gasteiger partial charge on any atom is -0.392 e. The summed E-state index contributed by atoms with van der Waals surface area (Å²) in [5.41, 5.74) is -1.00. The number of hydrogen-bond acceptors (Lipinski definition) is 2. The molecule has 4 bridgehead atoms. The van der Waals surface area contributed by atoms with E-state index >= 15 is 0 Å².